The van der Waals surface area contributed by atoms with E-state index >= 15 is 0 Å². The fourth-order valence-corrected chi connectivity index (χ4v) is 1.40. The number of rotatable bonds is 2. The van der Waals surface area contributed by atoms with Gasteiger partial charge in [-0.1, -0.05) is 11.6 Å². The summed E-state index contributed by atoms with van der Waals surface area (Å²) in [6, 6.07) is 0. The molecule has 1 rings (SSSR count). The number of aromatic nitrogens is 2. The van der Waals surface area contributed by atoms with Gasteiger partial charge in [0.2, 0.25) is 0 Å². The van der Waals surface area contributed by atoms with Crippen molar-refractivity contribution in [3.63, 3.8) is 0 Å². The normalized spacial score (nSPS) is 14.3. The number of hydrogen-bond acceptors (Lipinski definition) is 3. The zero-order chi connectivity index (χ0) is 11.8. The number of halogens is 4. The maximum atomic E-state index is 12.5. The molecule has 0 aliphatic heterocycles. The van der Waals surface area contributed by atoms with Crippen molar-refractivity contribution in [2.45, 2.75) is 12.3 Å². The van der Waals surface area contributed by atoms with E-state index in [9.17, 15) is 18.3 Å². The molecule has 0 aliphatic rings. The molecule has 1 atom stereocenters. The first-order valence-electron chi connectivity index (χ1n) is 3.96. The highest BCUT2D eigenvalue weighted by atomic mass is 35.5. The third-order valence-corrected chi connectivity index (χ3v) is 2.28. The number of hydrogen-bond donors (Lipinski definition) is 2. The lowest BCUT2D eigenvalue weighted by Gasteiger charge is -2.10. The van der Waals surface area contributed by atoms with Gasteiger partial charge < -0.3 is 10.8 Å². The van der Waals surface area contributed by atoms with Gasteiger partial charge in [-0.05, 0) is 0 Å². The lowest BCUT2D eigenvalue weighted by molar-refractivity contribution is -0.142. The molecule has 0 saturated heterocycles. The molecule has 0 unspecified atom stereocenters. The molecule has 0 spiro atoms. The van der Waals surface area contributed by atoms with E-state index in [2.05, 4.69) is 5.10 Å². The van der Waals surface area contributed by atoms with Crippen molar-refractivity contribution in [3.05, 3.63) is 16.4 Å². The SMILES string of the molecule is Cn1nc(C(F)(F)F)c([C@@H](O)CN)c1Cl. The van der Waals surface area contributed by atoms with Crippen molar-refractivity contribution in [2.75, 3.05) is 6.54 Å². The maximum Gasteiger partial charge on any atom is 0.435 e. The summed E-state index contributed by atoms with van der Waals surface area (Å²) >= 11 is 5.58. The molecule has 1 aromatic heterocycles. The van der Waals surface area contributed by atoms with E-state index in [-0.39, 0.29) is 11.7 Å². The molecule has 4 nitrogen and oxygen atoms in total. The first kappa shape index (κ1) is 12.3. The minimum atomic E-state index is -4.66. The van der Waals surface area contributed by atoms with Crippen molar-refractivity contribution in [1.82, 2.24) is 9.78 Å². The molecule has 0 fully saturated rings. The van der Waals surface area contributed by atoms with E-state index in [1.54, 1.807) is 0 Å². The van der Waals surface area contributed by atoms with Crippen molar-refractivity contribution in [2.24, 2.45) is 12.8 Å². The molecule has 3 N–H and O–H groups in total. The average molecular weight is 244 g/mol. The summed E-state index contributed by atoms with van der Waals surface area (Å²) in [6.45, 7) is -0.353. The van der Waals surface area contributed by atoms with Gasteiger partial charge in [0.25, 0.3) is 0 Å². The summed E-state index contributed by atoms with van der Waals surface area (Å²) in [4.78, 5) is 0. The monoisotopic (exact) mass is 243 g/mol. The highest BCUT2D eigenvalue weighted by Gasteiger charge is 2.40. The van der Waals surface area contributed by atoms with Crippen LogP contribution in [0.25, 0.3) is 0 Å². The third-order valence-electron chi connectivity index (χ3n) is 1.84. The Labute approximate surface area is 88.4 Å². The molecule has 0 bridgehead atoms. The molecule has 86 valence electrons. The second-order valence-electron chi connectivity index (χ2n) is 2.93. The van der Waals surface area contributed by atoms with Gasteiger partial charge in [-0.2, -0.15) is 18.3 Å². The number of aliphatic hydroxyl groups is 1. The summed E-state index contributed by atoms with van der Waals surface area (Å²) in [5.41, 5.74) is 3.40. The second kappa shape index (κ2) is 3.99. The Morgan fingerprint density at radius 1 is 1.60 bits per heavy atom. The van der Waals surface area contributed by atoms with Crippen molar-refractivity contribution in [3.8, 4) is 0 Å². The molecule has 0 saturated carbocycles. The van der Waals surface area contributed by atoms with Gasteiger partial charge in [-0.25, -0.2) is 0 Å². The van der Waals surface area contributed by atoms with Crippen molar-refractivity contribution >= 4 is 11.6 Å². The first-order valence-corrected chi connectivity index (χ1v) is 4.34. The largest absolute Gasteiger partial charge is 0.435 e. The van der Waals surface area contributed by atoms with Crippen LogP contribution in [0.2, 0.25) is 5.15 Å². The minimum absolute atomic E-state index is 0.264. The van der Waals surface area contributed by atoms with E-state index in [1.807, 2.05) is 0 Å². The Morgan fingerprint density at radius 3 is 2.53 bits per heavy atom. The molecule has 0 radical (unpaired) electrons. The predicted octanol–water partition coefficient (Wildman–Crippen LogP) is 1.08. The molecule has 1 aromatic rings. The minimum Gasteiger partial charge on any atom is -0.387 e. The van der Waals surface area contributed by atoms with Crippen LogP contribution in [0.4, 0.5) is 13.2 Å². The molecular weight excluding hydrogens is 235 g/mol. The summed E-state index contributed by atoms with van der Waals surface area (Å²) in [5, 5.41) is 12.2. The number of nitrogens with zero attached hydrogens (tertiary/aromatic N) is 2. The summed E-state index contributed by atoms with van der Waals surface area (Å²) in [6.07, 6.45) is -6.13. The Hall–Kier alpha value is -0.790. The lowest BCUT2D eigenvalue weighted by atomic mass is 10.1. The number of aryl methyl sites for hydroxylation is 1. The zero-order valence-corrected chi connectivity index (χ0v) is 8.47. The smallest absolute Gasteiger partial charge is 0.387 e. The summed E-state index contributed by atoms with van der Waals surface area (Å²) < 4.78 is 38.2. The van der Waals surface area contributed by atoms with Crippen LogP contribution in [0.5, 0.6) is 0 Å². The van der Waals surface area contributed by atoms with E-state index in [1.165, 1.54) is 7.05 Å². The van der Waals surface area contributed by atoms with Crippen molar-refractivity contribution in [1.29, 1.82) is 0 Å². The molecule has 1 heterocycles. The molecule has 0 amide bonds. The van der Waals surface area contributed by atoms with E-state index in [0.29, 0.717) is 0 Å². The first-order chi connectivity index (χ1) is 6.79. The lowest BCUT2D eigenvalue weighted by Crippen LogP contribution is -2.17. The molecule has 15 heavy (non-hydrogen) atoms. The quantitative estimate of drug-likeness (QED) is 0.817. The van der Waals surface area contributed by atoms with Gasteiger partial charge >= 0.3 is 6.18 Å². The van der Waals surface area contributed by atoms with Gasteiger partial charge in [0.15, 0.2) is 5.69 Å². The van der Waals surface area contributed by atoms with E-state index in [4.69, 9.17) is 17.3 Å². The average Bonchev–Trinajstić information content (AvgIpc) is 2.42. The Morgan fingerprint density at radius 2 is 2.13 bits per heavy atom. The highest BCUT2D eigenvalue weighted by molar-refractivity contribution is 6.30. The number of aliphatic hydroxyl groups excluding tert-OH is 1. The van der Waals surface area contributed by atoms with Crippen LogP contribution in [0.3, 0.4) is 0 Å². The van der Waals surface area contributed by atoms with Crippen LogP contribution in [-0.2, 0) is 13.2 Å². The zero-order valence-electron chi connectivity index (χ0n) is 7.72. The van der Waals surface area contributed by atoms with Crippen LogP contribution >= 0.6 is 11.6 Å². The Kier molecular flexibility index (Phi) is 3.27. The van der Waals surface area contributed by atoms with Gasteiger partial charge in [-0.15, -0.1) is 0 Å². The summed E-state index contributed by atoms with van der Waals surface area (Å²) in [5.74, 6) is 0. The van der Waals surface area contributed by atoms with E-state index < -0.39 is 23.5 Å². The molecule has 0 aromatic carbocycles. The van der Waals surface area contributed by atoms with Gasteiger partial charge in [-0.3, -0.25) is 4.68 Å². The van der Waals surface area contributed by atoms with Crippen LogP contribution in [0.1, 0.15) is 17.4 Å². The molecule has 0 aliphatic carbocycles. The molecule has 8 heteroatoms. The van der Waals surface area contributed by atoms with Crippen LogP contribution < -0.4 is 5.73 Å². The number of alkyl halides is 3. The van der Waals surface area contributed by atoms with E-state index in [0.717, 1.165) is 4.68 Å². The second-order valence-corrected chi connectivity index (χ2v) is 3.28. The Balaban J connectivity index is 3.34. The topological polar surface area (TPSA) is 64.1 Å². The summed E-state index contributed by atoms with van der Waals surface area (Å²) in [7, 11) is 1.25. The maximum absolute atomic E-state index is 12.5. The predicted molar refractivity (Wildman–Crippen MR) is 47.2 cm³/mol. The standard InChI is InChI=1S/C7H9ClF3N3O/c1-14-6(8)4(3(15)2-12)5(13-14)7(9,10)11/h3,15H,2,12H2,1H3/t3-/m0/s1. The van der Waals surface area contributed by atoms with Crippen LogP contribution in [0.15, 0.2) is 0 Å². The highest BCUT2D eigenvalue weighted by Crippen LogP contribution is 2.36. The third kappa shape index (κ3) is 2.24. The number of nitrogens with two attached hydrogens (primary N) is 1. The van der Waals surface area contributed by atoms with Crippen LogP contribution in [-0.4, -0.2) is 21.4 Å². The van der Waals surface area contributed by atoms with Gasteiger partial charge in [0.05, 0.1) is 11.7 Å². The van der Waals surface area contributed by atoms with Gasteiger partial charge in [0, 0.05) is 13.6 Å². The Bertz CT molecular complexity index is 363. The fourth-order valence-electron chi connectivity index (χ4n) is 1.14. The van der Waals surface area contributed by atoms with Crippen molar-refractivity contribution < 1.29 is 18.3 Å². The van der Waals surface area contributed by atoms with Crippen LogP contribution in [0, 0.1) is 0 Å². The fraction of sp³-hybridized carbons (Fsp3) is 0.571. The molecular formula is C7H9ClF3N3O. The van der Waals surface area contributed by atoms with Gasteiger partial charge in [0.1, 0.15) is 5.15 Å².